The van der Waals surface area contributed by atoms with E-state index in [4.69, 9.17) is 0 Å². The SMILES string of the molecule is O=C1CCc2cc(C(F)(F)F)ccc21.O[C@H]1CCc2cc(C(F)(F)F)ccc21. The van der Waals surface area contributed by atoms with Crippen LogP contribution < -0.4 is 0 Å². The van der Waals surface area contributed by atoms with Crippen LogP contribution in [0, 0.1) is 0 Å². The summed E-state index contributed by atoms with van der Waals surface area (Å²) in [6, 6.07) is 6.82. The zero-order valence-corrected chi connectivity index (χ0v) is 14.5. The maximum Gasteiger partial charge on any atom is 0.416 e. The molecule has 28 heavy (non-hydrogen) atoms. The molecule has 2 aromatic carbocycles. The molecule has 1 atom stereocenters. The Labute approximate surface area is 156 Å². The van der Waals surface area contributed by atoms with Crippen molar-refractivity contribution in [2.24, 2.45) is 0 Å². The van der Waals surface area contributed by atoms with E-state index in [2.05, 4.69) is 0 Å². The van der Waals surface area contributed by atoms with Gasteiger partial charge >= 0.3 is 12.4 Å². The summed E-state index contributed by atoms with van der Waals surface area (Å²) in [6.07, 6.45) is -7.39. The van der Waals surface area contributed by atoms with Crippen molar-refractivity contribution in [1.82, 2.24) is 0 Å². The number of fused-ring (bicyclic) bond motifs is 2. The fraction of sp³-hybridized carbons (Fsp3) is 0.350. The summed E-state index contributed by atoms with van der Waals surface area (Å²) in [4.78, 5) is 11.1. The van der Waals surface area contributed by atoms with Gasteiger partial charge in [0.25, 0.3) is 0 Å². The van der Waals surface area contributed by atoms with E-state index >= 15 is 0 Å². The van der Waals surface area contributed by atoms with Gasteiger partial charge in [-0.15, -0.1) is 0 Å². The van der Waals surface area contributed by atoms with Crippen molar-refractivity contribution in [3.8, 4) is 0 Å². The fourth-order valence-electron chi connectivity index (χ4n) is 3.40. The molecule has 2 aliphatic rings. The number of aliphatic hydroxyl groups is 1. The summed E-state index contributed by atoms with van der Waals surface area (Å²) in [5.74, 6) is -0.0614. The van der Waals surface area contributed by atoms with Crippen LogP contribution in [0.4, 0.5) is 26.3 Å². The van der Waals surface area contributed by atoms with Crippen LogP contribution in [0.2, 0.25) is 0 Å². The smallest absolute Gasteiger partial charge is 0.388 e. The third-order valence-corrected chi connectivity index (χ3v) is 4.87. The molecule has 1 N–H and O–H groups in total. The van der Waals surface area contributed by atoms with Crippen molar-refractivity contribution < 1.29 is 36.2 Å². The summed E-state index contributed by atoms with van der Waals surface area (Å²) in [5.41, 5.74) is 0.907. The second-order valence-corrected chi connectivity index (χ2v) is 6.76. The fourth-order valence-corrected chi connectivity index (χ4v) is 3.40. The number of benzene rings is 2. The molecular weight excluding hydrogens is 386 g/mol. The van der Waals surface area contributed by atoms with E-state index in [0.717, 1.165) is 24.3 Å². The van der Waals surface area contributed by atoms with Gasteiger partial charge in [0.1, 0.15) is 0 Å². The van der Waals surface area contributed by atoms with Crippen LogP contribution in [0.1, 0.15) is 57.1 Å². The van der Waals surface area contributed by atoms with E-state index < -0.39 is 29.6 Å². The molecule has 0 unspecified atom stereocenters. The van der Waals surface area contributed by atoms with Crippen molar-refractivity contribution in [3.63, 3.8) is 0 Å². The minimum absolute atomic E-state index is 0.0614. The average Bonchev–Trinajstić information content (AvgIpc) is 3.17. The van der Waals surface area contributed by atoms with Crippen molar-refractivity contribution >= 4 is 5.78 Å². The number of hydrogen-bond donors (Lipinski definition) is 1. The molecule has 0 saturated heterocycles. The summed E-state index contributed by atoms with van der Waals surface area (Å²) in [5, 5.41) is 9.39. The summed E-state index contributed by atoms with van der Waals surface area (Å²) in [7, 11) is 0. The van der Waals surface area contributed by atoms with Crippen molar-refractivity contribution in [1.29, 1.82) is 0 Å². The van der Waals surface area contributed by atoms with Crippen LogP contribution in [0.25, 0.3) is 0 Å². The summed E-state index contributed by atoms with van der Waals surface area (Å²) in [6.45, 7) is 0. The molecule has 0 fully saturated rings. The van der Waals surface area contributed by atoms with Crippen LogP contribution in [-0.2, 0) is 25.2 Å². The molecule has 150 valence electrons. The average molecular weight is 402 g/mol. The summed E-state index contributed by atoms with van der Waals surface area (Å²) < 4.78 is 73.7. The molecule has 8 heteroatoms. The van der Waals surface area contributed by atoms with Crippen LogP contribution in [-0.4, -0.2) is 10.9 Å². The van der Waals surface area contributed by atoms with E-state index in [-0.39, 0.29) is 5.78 Å². The molecule has 2 nitrogen and oxygen atoms in total. The van der Waals surface area contributed by atoms with Crippen LogP contribution in [0.5, 0.6) is 0 Å². The maximum absolute atomic E-state index is 12.3. The van der Waals surface area contributed by atoms with Gasteiger partial charge in [0.05, 0.1) is 17.2 Å². The highest BCUT2D eigenvalue weighted by Gasteiger charge is 2.33. The van der Waals surface area contributed by atoms with Crippen molar-refractivity contribution in [3.05, 3.63) is 69.8 Å². The molecule has 0 bridgehead atoms. The second kappa shape index (κ2) is 7.24. The third kappa shape index (κ3) is 4.22. The first-order valence-corrected chi connectivity index (χ1v) is 8.58. The number of carbonyl (C=O) groups is 1. The van der Waals surface area contributed by atoms with Crippen LogP contribution in [0.15, 0.2) is 36.4 Å². The third-order valence-electron chi connectivity index (χ3n) is 4.87. The monoisotopic (exact) mass is 402 g/mol. The van der Waals surface area contributed by atoms with Gasteiger partial charge in [-0.3, -0.25) is 4.79 Å². The predicted octanol–water partition coefficient (Wildman–Crippen LogP) is 5.52. The number of rotatable bonds is 0. The molecule has 0 radical (unpaired) electrons. The minimum atomic E-state index is -4.32. The number of halogens is 6. The summed E-state index contributed by atoms with van der Waals surface area (Å²) >= 11 is 0. The van der Waals surface area contributed by atoms with Crippen molar-refractivity contribution in [2.75, 3.05) is 0 Å². The standard InChI is InChI=1S/C10H9F3O.C10H7F3O/c2*11-10(12,13)7-2-3-8-6(5-7)1-4-9(8)14/h2-3,5,9,14H,1,4H2;2-3,5H,1,4H2/t9-;/m0./s1. The first-order chi connectivity index (χ1) is 13.0. The molecule has 0 aromatic heterocycles. The Kier molecular flexibility index (Phi) is 5.27. The molecule has 4 rings (SSSR count). The Morgan fingerprint density at radius 2 is 1.36 bits per heavy atom. The molecule has 0 amide bonds. The quantitative estimate of drug-likeness (QED) is 0.590. The Balaban J connectivity index is 0.000000161. The Hall–Kier alpha value is -2.35. The lowest BCUT2D eigenvalue weighted by Gasteiger charge is -2.09. The number of Topliss-reactive ketones (excluding diaryl/α,β-unsaturated/α-hetero) is 1. The van der Waals surface area contributed by atoms with Gasteiger partial charge in [0.15, 0.2) is 5.78 Å². The molecule has 0 saturated carbocycles. The number of carbonyl (C=O) groups excluding carboxylic acids is 1. The largest absolute Gasteiger partial charge is 0.416 e. The van der Waals surface area contributed by atoms with E-state index in [1.807, 2.05) is 0 Å². The lowest BCUT2D eigenvalue weighted by atomic mass is 10.1. The number of aliphatic hydroxyl groups excluding tert-OH is 1. The topological polar surface area (TPSA) is 37.3 Å². The van der Waals surface area contributed by atoms with E-state index in [1.165, 1.54) is 12.1 Å². The minimum Gasteiger partial charge on any atom is -0.388 e. The van der Waals surface area contributed by atoms with Crippen LogP contribution >= 0.6 is 0 Å². The number of alkyl halides is 6. The van der Waals surface area contributed by atoms with E-state index in [0.29, 0.717) is 47.9 Å². The zero-order chi connectivity index (χ0) is 20.7. The molecule has 2 aliphatic carbocycles. The highest BCUT2D eigenvalue weighted by molar-refractivity contribution is 6.00. The van der Waals surface area contributed by atoms with Gasteiger partial charge < -0.3 is 5.11 Å². The van der Waals surface area contributed by atoms with E-state index in [9.17, 15) is 36.2 Å². The van der Waals surface area contributed by atoms with E-state index in [1.54, 1.807) is 0 Å². The van der Waals surface area contributed by atoms with Gasteiger partial charge in [-0.05, 0) is 60.2 Å². The van der Waals surface area contributed by atoms with Crippen molar-refractivity contribution in [2.45, 2.75) is 44.1 Å². The highest BCUT2D eigenvalue weighted by atomic mass is 19.4. The predicted molar refractivity (Wildman–Crippen MR) is 88.8 cm³/mol. The lowest BCUT2D eigenvalue weighted by Crippen LogP contribution is -2.05. The van der Waals surface area contributed by atoms with Gasteiger partial charge in [-0.2, -0.15) is 26.3 Å². The maximum atomic E-state index is 12.3. The Morgan fingerprint density at radius 1 is 0.786 bits per heavy atom. The first kappa shape index (κ1) is 20.4. The van der Waals surface area contributed by atoms with Gasteiger partial charge in [0, 0.05) is 12.0 Å². The zero-order valence-electron chi connectivity index (χ0n) is 14.5. The highest BCUT2D eigenvalue weighted by Crippen LogP contribution is 2.36. The number of hydrogen-bond acceptors (Lipinski definition) is 2. The first-order valence-electron chi connectivity index (χ1n) is 8.58. The molecule has 2 aromatic rings. The molecule has 0 heterocycles. The normalized spacial score (nSPS) is 18.4. The second-order valence-electron chi connectivity index (χ2n) is 6.76. The Morgan fingerprint density at radius 3 is 1.96 bits per heavy atom. The lowest BCUT2D eigenvalue weighted by molar-refractivity contribution is -0.138. The molecule has 0 aliphatic heterocycles. The van der Waals surface area contributed by atoms with Gasteiger partial charge in [-0.1, -0.05) is 12.1 Å². The Bertz CT molecular complexity index is 899. The van der Waals surface area contributed by atoms with Gasteiger partial charge in [0.2, 0.25) is 0 Å². The number of ketones is 1. The molecule has 0 spiro atoms. The number of aryl methyl sites for hydroxylation is 2. The van der Waals surface area contributed by atoms with Gasteiger partial charge in [-0.25, -0.2) is 0 Å². The molecular formula is C20H16F6O2. The van der Waals surface area contributed by atoms with Crippen LogP contribution in [0.3, 0.4) is 0 Å².